The summed E-state index contributed by atoms with van der Waals surface area (Å²) in [6.45, 7) is 4.16. The molecular formula is C15H21N3. The van der Waals surface area contributed by atoms with Crippen LogP contribution in [0, 0.1) is 0 Å². The molecule has 0 amide bonds. The van der Waals surface area contributed by atoms with Gasteiger partial charge in [-0.25, -0.2) is 0 Å². The van der Waals surface area contributed by atoms with Crippen molar-refractivity contribution in [2.24, 2.45) is 0 Å². The van der Waals surface area contributed by atoms with Crippen LogP contribution in [0.3, 0.4) is 0 Å². The van der Waals surface area contributed by atoms with Crippen LogP contribution < -0.4 is 5.32 Å². The first-order chi connectivity index (χ1) is 8.65. The van der Waals surface area contributed by atoms with Crippen LogP contribution in [0.15, 0.2) is 36.5 Å². The zero-order chi connectivity index (χ0) is 13.0. The summed E-state index contributed by atoms with van der Waals surface area (Å²) in [5, 5.41) is 4.74. The summed E-state index contributed by atoms with van der Waals surface area (Å²) in [5.74, 6) is 0. The van der Waals surface area contributed by atoms with Crippen molar-refractivity contribution in [1.82, 2.24) is 15.2 Å². The van der Waals surface area contributed by atoms with E-state index >= 15 is 0 Å². The van der Waals surface area contributed by atoms with E-state index in [1.54, 1.807) is 0 Å². The zero-order valence-electron chi connectivity index (χ0n) is 11.4. The minimum atomic E-state index is 0.490. The van der Waals surface area contributed by atoms with Gasteiger partial charge in [0.05, 0.1) is 5.52 Å². The highest BCUT2D eigenvalue weighted by Crippen LogP contribution is 2.13. The molecule has 1 atom stereocenters. The van der Waals surface area contributed by atoms with Crippen molar-refractivity contribution in [2.75, 3.05) is 20.6 Å². The van der Waals surface area contributed by atoms with E-state index in [2.05, 4.69) is 60.5 Å². The van der Waals surface area contributed by atoms with Gasteiger partial charge in [0.15, 0.2) is 0 Å². The predicted octanol–water partition coefficient (Wildman–Crippen LogP) is 2.27. The number of nitrogens with zero attached hydrogens (tertiary/aromatic N) is 2. The van der Waals surface area contributed by atoms with Gasteiger partial charge in [-0.3, -0.25) is 4.98 Å². The first-order valence-corrected chi connectivity index (χ1v) is 6.37. The Kier molecular flexibility index (Phi) is 4.28. The summed E-state index contributed by atoms with van der Waals surface area (Å²) in [6.07, 6.45) is 1.83. The van der Waals surface area contributed by atoms with Gasteiger partial charge in [-0.15, -0.1) is 0 Å². The average Bonchev–Trinajstić information content (AvgIpc) is 2.35. The van der Waals surface area contributed by atoms with Crippen molar-refractivity contribution in [3.8, 4) is 0 Å². The van der Waals surface area contributed by atoms with Crippen molar-refractivity contribution < 1.29 is 0 Å². The summed E-state index contributed by atoms with van der Waals surface area (Å²) < 4.78 is 0. The fraction of sp³-hybridized carbons (Fsp3) is 0.400. The van der Waals surface area contributed by atoms with Gasteiger partial charge in [-0.1, -0.05) is 12.1 Å². The number of rotatable bonds is 5. The molecule has 1 N–H and O–H groups in total. The molecule has 1 aromatic carbocycles. The molecule has 0 aliphatic carbocycles. The van der Waals surface area contributed by atoms with Gasteiger partial charge in [0.25, 0.3) is 0 Å². The van der Waals surface area contributed by atoms with Crippen LogP contribution in [-0.4, -0.2) is 36.6 Å². The van der Waals surface area contributed by atoms with Gasteiger partial charge in [0.2, 0.25) is 0 Å². The van der Waals surface area contributed by atoms with Gasteiger partial charge in [-0.05, 0) is 44.8 Å². The molecule has 3 heteroatoms. The number of benzene rings is 1. The van der Waals surface area contributed by atoms with Crippen LogP contribution in [0.1, 0.15) is 12.5 Å². The molecule has 0 saturated carbocycles. The first-order valence-electron chi connectivity index (χ1n) is 6.37. The van der Waals surface area contributed by atoms with Crippen molar-refractivity contribution >= 4 is 10.9 Å². The fourth-order valence-corrected chi connectivity index (χ4v) is 2.14. The fourth-order valence-electron chi connectivity index (χ4n) is 2.14. The lowest BCUT2D eigenvalue weighted by Gasteiger charge is -2.18. The normalized spacial score (nSPS) is 13.1. The summed E-state index contributed by atoms with van der Waals surface area (Å²) in [4.78, 5) is 6.53. The number of fused-ring (bicyclic) bond motifs is 1. The van der Waals surface area contributed by atoms with Crippen LogP contribution >= 0.6 is 0 Å². The molecule has 96 valence electrons. The topological polar surface area (TPSA) is 28.2 Å². The van der Waals surface area contributed by atoms with Crippen molar-refractivity contribution in [1.29, 1.82) is 0 Å². The Morgan fingerprint density at radius 3 is 2.89 bits per heavy atom. The first kappa shape index (κ1) is 13.0. The standard InChI is InChI=1S/C15H21N3/c1-12(11-18(2)3)17-10-13-6-7-15-14(9-13)5-4-8-16-15/h4-9,12,17H,10-11H2,1-3H3. The van der Waals surface area contributed by atoms with Crippen molar-refractivity contribution in [2.45, 2.75) is 19.5 Å². The molecule has 2 aromatic rings. The van der Waals surface area contributed by atoms with Gasteiger partial charge >= 0.3 is 0 Å². The Morgan fingerprint density at radius 1 is 1.28 bits per heavy atom. The van der Waals surface area contributed by atoms with Gasteiger partial charge in [0, 0.05) is 30.7 Å². The van der Waals surface area contributed by atoms with Gasteiger partial charge in [-0.2, -0.15) is 0 Å². The second kappa shape index (κ2) is 5.94. The highest BCUT2D eigenvalue weighted by molar-refractivity contribution is 5.78. The maximum absolute atomic E-state index is 4.33. The number of hydrogen-bond acceptors (Lipinski definition) is 3. The maximum atomic E-state index is 4.33. The minimum Gasteiger partial charge on any atom is -0.309 e. The molecule has 1 heterocycles. The Bertz CT molecular complexity index is 508. The van der Waals surface area contributed by atoms with Crippen molar-refractivity contribution in [3.05, 3.63) is 42.1 Å². The van der Waals surface area contributed by atoms with E-state index in [4.69, 9.17) is 0 Å². The third-order valence-corrected chi connectivity index (χ3v) is 2.96. The van der Waals surface area contributed by atoms with E-state index in [1.165, 1.54) is 10.9 Å². The molecular weight excluding hydrogens is 222 g/mol. The van der Waals surface area contributed by atoms with Crippen LogP contribution in [0.2, 0.25) is 0 Å². The van der Waals surface area contributed by atoms with E-state index in [9.17, 15) is 0 Å². The number of nitrogens with one attached hydrogen (secondary N) is 1. The van der Waals surface area contributed by atoms with E-state index in [1.807, 2.05) is 12.3 Å². The second-order valence-electron chi connectivity index (χ2n) is 5.07. The van der Waals surface area contributed by atoms with Crippen LogP contribution in [0.5, 0.6) is 0 Å². The Balaban J connectivity index is 1.99. The SMILES string of the molecule is CC(CN(C)C)NCc1ccc2ncccc2c1. The van der Waals surface area contributed by atoms with E-state index < -0.39 is 0 Å². The Morgan fingerprint density at radius 2 is 2.11 bits per heavy atom. The molecule has 2 rings (SSSR count). The molecule has 0 radical (unpaired) electrons. The Labute approximate surface area is 109 Å². The number of pyridine rings is 1. The molecule has 0 saturated heterocycles. The lowest BCUT2D eigenvalue weighted by Crippen LogP contribution is -2.35. The number of aromatic nitrogens is 1. The molecule has 3 nitrogen and oxygen atoms in total. The van der Waals surface area contributed by atoms with Gasteiger partial charge in [0.1, 0.15) is 0 Å². The van der Waals surface area contributed by atoms with Crippen LogP contribution in [0.25, 0.3) is 10.9 Å². The largest absolute Gasteiger partial charge is 0.309 e. The summed E-state index contributed by atoms with van der Waals surface area (Å²) >= 11 is 0. The highest BCUT2D eigenvalue weighted by Gasteiger charge is 2.03. The third kappa shape index (κ3) is 3.52. The molecule has 0 fully saturated rings. The monoisotopic (exact) mass is 243 g/mol. The summed E-state index contributed by atoms with van der Waals surface area (Å²) in [6, 6.07) is 11.0. The van der Waals surface area contributed by atoms with Crippen LogP contribution in [0.4, 0.5) is 0 Å². The number of likely N-dealkylation sites (N-methyl/N-ethyl adjacent to an activating group) is 1. The molecule has 0 aliphatic heterocycles. The maximum Gasteiger partial charge on any atom is 0.0702 e. The smallest absolute Gasteiger partial charge is 0.0702 e. The quantitative estimate of drug-likeness (QED) is 0.873. The molecule has 1 aromatic heterocycles. The van der Waals surface area contributed by atoms with E-state index in [-0.39, 0.29) is 0 Å². The lowest BCUT2D eigenvalue weighted by atomic mass is 10.1. The lowest BCUT2D eigenvalue weighted by molar-refractivity contribution is 0.349. The predicted molar refractivity (Wildman–Crippen MR) is 76.6 cm³/mol. The minimum absolute atomic E-state index is 0.490. The molecule has 1 unspecified atom stereocenters. The van der Waals surface area contributed by atoms with E-state index in [0.29, 0.717) is 6.04 Å². The Hall–Kier alpha value is -1.45. The van der Waals surface area contributed by atoms with E-state index in [0.717, 1.165) is 18.6 Å². The zero-order valence-corrected chi connectivity index (χ0v) is 11.4. The third-order valence-electron chi connectivity index (χ3n) is 2.96. The summed E-state index contributed by atoms with van der Waals surface area (Å²) in [7, 11) is 4.19. The van der Waals surface area contributed by atoms with Crippen molar-refractivity contribution in [3.63, 3.8) is 0 Å². The highest BCUT2D eigenvalue weighted by atomic mass is 15.1. The molecule has 0 spiro atoms. The summed E-state index contributed by atoms with van der Waals surface area (Å²) in [5.41, 5.74) is 2.36. The molecule has 0 bridgehead atoms. The number of hydrogen-bond donors (Lipinski definition) is 1. The molecule has 0 aliphatic rings. The molecule has 18 heavy (non-hydrogen) atoms. The van der Waals surface area contributed by atoms with Gasteiger partial charge < -0.3 is 10.2 Å². The second-order valence-corrected chi connectivity index (χ2v) is 5.07. The average molecular weight is 243 g/mol. The van der Waals surface area contributed by atoms with Crippen LogP contribution in [-0.2, 0) is 6.54 Å².